The van der Waals surface area contributed by atoms with Crippen LogP contribution >= 0.6 is 0 Å². The Kier molecular flexibility index (Phi) is 13.6. The van der Waals surface area contributed by atoms with Crippen LogP contribution in [0.4, 0.5) is 34.1 Å². The Bertz CT molecular complexity index is 5910. The molecular formula is C104H74N2. The van der Waals surface area contributed by atoms with E-state index in [1.807, 2.05) is 0 Å². The minimum atomic E-state index is -0.607. The number of rotatable bonds is 11. The molecule has 0 radical (unpaired) electrons. The minimum absolute atomic E-state index is 0.276. The van der Waals surface area contributed by atoms with Gasteiger partial charge in [0.05, 0.1) is 21.9 Å². The summed E-state index contributed by atoms with van der Waals surface area (Å²) < 4.78 is 0. The third kappa shape index (κ3) is 8.55. The van der Waals surface area contributed by atoms with Gasteiger partial charge >= 0.3 is 0 Å². The van der Waals surface area contributed by atoms with E-state index in [-0.39, 0.29) is 5.41 Å². The van der Waals surface area contributed by atoms with E-state index in [1.54, 1.807) is 0 Å². The van der Waals surface area contributed by atoms with Gasteiger partial charge in [0.2, 0.25) is 0 Å². The first-order valence-corrected chi connectivity index (χ1v) is 37.4. The largest absolute Gasteiger partial charge is 0.310 e. The van der Waals surface area contributed by atoms with Crippen molar-refractivity contribution in [2.45, 2.75) is 49.4 Å². The van der Waals surface area contributed by atoms with Crippen molar-refractivity contribution in [2.24, 2.45) is 0 Å². The quantitative estimate of drug-likeness (QED) is 0.127. The first kappa shape index (κ1) is 61.8. The molecule has 0 heterocycles. The van der Waals surface area contributed by atoms with Crippen molar-refractivity contribution >= 4 is 34.1 Å². The average Bonchev–Trinajstić information content (AvgIpc) is 1.51. The first-order chi connectivity index (χ1) is 52.1. The summed E-state index contributed by atoms with van der Waals surface area (Å²) in [6.07, 6.45) is 0. The second kappa shape index (κ2) is 23.3. The zero-order valence-corrected chi connectivity index (χ0v) is 59.7. The molecule has 2 heteroatoms. The van der Waals surface area contributed by atoms with Crippen molar-refractivity contribution in [3.05, 3.63) is 465 Å². The third-order valence-corrected chi connectivity index (χ3v) is 24.5. The van der Waals surface area contributed by atoms with Crippen LogP contribution in [0.2, 0.25) is 0 Å². The molecule has 16 aromatic rings. The number of hydrogen-bond acceptors (Lipinski definition) is 2. The molecule has 0 saturated carbocycles. The van der Waals surface area contributed by atoms with Crippen LogP contribution in [0.5, 0.6) is 0 Å². The lowest BCUT2D eigenvalue weighted by Gasteiger charge is -2.36. The SMILES string of the molecule is Cc1ccc2c(c1)C(c1ccccc1)(c1ccccc1)c1cc(N(c3ccc(-c4ccc(N(c5ccc6c(c5)C5(c7ccccc7-c7ccccc75)c5ccccc5-6)c5cccc6c5C(C)(C)c5ccccc5-6)cc4)cc3)c3ccc4c(c3)C(c3ccccc3)(c3ccccc3)c3cc(C)ccc3-4)ccc1-2. The lowest BCUT2D eigenvalue weighted by Crippen LogP contribution is -2.29. The van der Waals surface area contributed by atoms with Gasteiger partial charge in [-0.05, 0) is 225 Å². The molecule has 0 saturated heterocycles. The minimum Gasteiger partial charge on any atom is -0.310 e. The molecule has 0 unspecified atom stereocenters. The van der Waals surface area contributed by atoms with E-state index >= 15 is 0 Å². The normalized spacial score (nSPS) is 14.5. The van der Waals surface area contributed by atoms with Crippen molar-refractivity contribution in [2.75, 3.05) is 9.80 Å². The molecule has 16 aromatic carbocycles. The molecule has 21 rings (SSSR count). The smallest absolute Gasteiger partial charge is 0.0726 e. The van der Waals surface area contributed by atoms with Gasteiger partial charge in [0, 0.05) is 33.9 Å². The molecular weight excluding hydrogens is 1280 g/mol. The van der Waals surface area contributed by atoms with Gasteiger partial charge in [0.1, 0.15) is 0 Å². The Morgan fingerprint density at radius 2 is 0.481 bits per heavy atom. The average molecular weight is 1350 g/mol. The number of benzene rings is 16. The topological polar surface area (TPSA) is 6.48 Å². The molecule has 0 bridgehead atoms. The molecule has 1 spiro atoms. The Hall–Kier alpha value is -12.9. The predicted molar refractivity (Wildman–Crippen MR) is 439 cm³/mol. The van der Waals surface area contributed by atoms with Crippen molar-refractivity contribution in [1.29, 1.82) is 0 Å². The van der Waals surface area contributed by atoms with E-state index in [0.717, 1.165) is 39.6 Å². The number of fused-ring (bicyclic) bond motifs is 19. The van der Waals surface area contributed by atoms with Gasteiger partial charge in [-0.25, -0.2) is 0 Å². The highest BCUT2D eigenvalue weighted by Crippen LogP contribution is 2.65. The van der Waals surface area contributed by atoms with Crippen LogP contribution in [0.3, 0.4) is 0 Å². The van der Waals surface area contributed by atoms with E-state index in [4.69, 9.17) is 0 Å². The number of hydrogen-bond donors (Lipinski definition) is 0. The fraction of sp³-hybridized carbons (Fsp3) is 0.0769. The van der Waals surface area contributed by atoms with Gasteiger partial charge in [0.25, 0.3) is 0 Å². The highest BCUT2D eigenvalue weighted by atomic mass is 15.2. The Morgan fingerprint density at radius 1 is 0.198 bits per heavy atom. The van der Waals surface area contributed by atoms with Gasteiger partial charge in [-0.1, -0.05) is 334 Å². The van der Waals surface area contributed by atoms with Gasteiger partial charge in [-0.15, -0.1) is 0 Å². The highest BCUT2D eigenvalue weighted by Gasteiger charge is 2.53. The Balaban J connectivity index is 0.737. The molecule has 0 amide bonds. The zero-order chi connectivity index (χ0) is 70.6. The van der Waals surface area contributed by atoms with Crippen LogP contribution in [0.15, 0.2) is 376 Å². The van der Waals surface area contributed by atoms with E-state index in [2.05, 4.69) is 414 Å². The van der Waals surface area contributed by atoms with Crippen molar-refractivity contribution in [3.63, 3.8) is 0 Å². The van der Waals surface area contributed by atoms with E-state index in [1.165, 1.54) is 150 Å². The third-order valence-electron chi connectivity index (χ3n) is 24.5. The number of aryl methyl sites for hydroxylation is 2. The molecule has 0 fully saturated rings. The summed E-state index contributed by atoms with van der Waals surface area (Å²) in [5, 5.41) is 0. The maximum atomic E-state index is 2.56. The molecule has 5 aliphatic rings. The van der Waals surface area contributed by atoms with Crippen LogP contribution in [0.25, 0.3) is 66.8 Å². The Labute approximate surface area is 621 Å². The van der Waals surface area contributed by atoms with Gasteiger partial charge in [-0.2, -0.15) is 0 Å². The van der Waals surface area contributed by atoms with Gasteiger partial charge in [0.15, 0.2) is 0 Å². The predicted octanol–water partition coefficient (Wildman–Crippen LogP) is 26.3. The number of nitrogens with zero attached hydrogens (tertiary/aromatic N) is 2. The zero-order valence-electron chi connectivity index (χ0n) is 59.7. The maximum absolute atomic E-state index is 2.56. The van der Waals surface area contributed by atoms with E-state index in [0.29, 0.717) is 0 Å². The second-order valence-electron chi connectivity index (χ2n) is 30.3. The van der Waals surface area contributed by atoms with Crippen molar-refractivity contribution in [3.8, 4) is 66.8 Å². The highest BCUT2D eigenvalue weighted by molar-refractivity contribution is 5.99. The van der Waals surface area contributed by atoms with E-state index < -0.39 is 16.2 Å². The maximum Gasteiger partial charge on any atom is 0.0726 e. The van der Waals surface area contributed by atoms with Crippen LogP contribution in [-0.4, -0.2) is 0 Å². The molecule has 2 nitrogen and oxygen atoms in total. The fourth-order valence-electron chi connectivity index (χ4n) is 20.2. The summed E-state index contributed by atoms with van der Waals surface area (Å²) in [5.74, 6) is 0. The summed E-state index contributed by atoms with van der Waals surface area (Å²) >= 11 is 0. The molecule has 500 valence electrons. The van der Waals surface area contributed by atoms with Crippen LogP contribution in [-0.2, 0) is 21.7 Å². The molecule has 0 aromatic heterocycles. The summed E-state index contributed by atoms with van der Waals surface area (Å²) in [6.45, 7) is 9.28. The van der Waals surface area contributed by atoms with Crippen LogP contribution in [0, 0.1) is 13.8 Å². The van der Waals surface area contributed by atoms with Gasteiger partial charge < -0.3 is 9.80 Å². The van der Waals surface area contributed by atoms with Crippen LogP contribution < -0.4 is 9.80 Å². The molecule has 5 aliphatic carbocycles. The second-order valence-corrected chi connectivity index (χ2v) is 30.3. The molecule has 0 atom stereocenters. The molecule has 0 N–H and O–H groups in total. The van der Waals surface area contributed by atoms with Crippen molar-refractivity contribution in [1.82, 2.24) is 0 Å². The standard InChI is InChI=1S/C104H74N2/c1-67-44-57-84-87-59-54-77(64-96(87)102(94(84)62-67,71-26-9-5-10-27-71)72-28-11-6-12-29-72)105(78-55-60-88-85-58-45-68(2)63-95(85)103(97(88)65-78,73-30-13-7-14-31-73)74-32-15-8-16-33-74)75-50-46-69(47-51-75)70-48-52-76(53-49-70)106(99-43-25-38-89-83-37-17-21-39-90(83)101(3,4)100(89)99)79-56-61-86-82-36-20-24-42-93(82)104(98(86)66-79)91-40-22-18-34-80(91)81-35-19-23-41-92(81)104/h5-66H,1-4H3. The fourth-order valence-corrected chi connectivity index (χ4v) is 20.2. The van der Waals surface area contributed by atoms with E-state index in [9.17, 15) is 0 Å². The summed E-state index contributed by atoms with van der Waals surface area (Å²) in [4.78, 5) is 5.08. The monoisotopic (exact) mass is 1350 g/mol. The van der Waals surface area contributed by atoms with Gasteiger partial charge in [-0.3, -0.25) is 0 Å². The molecule has 0 aliphatic heterocycles. The Morgan fingerprint density at radius 3 is 0.877 bits per heavy atom. The lowest BCUT2D eigenvalue weighted by molar-refractivity contribution is 0.661. The summed E-state index contributed by atoms with van der Waals surface area (Å²) in [7, 11) is 0. The first-order valence-electron chi connectivity index (χ1n) is 37.4. The van der Waals surface area contributed by atoms with Crippen LogP contribution in [0.1, 0.15) is 103 Å². The van der Waals surface area contributed by atoms with Crippen molar-refractivity contribution < 1.29 is 0 Å². The number of anilines is 6. The summed E-state index contributed by atoms with van der Waals surface area (Å²) in [5.41, 5.74) is 40.3. The molecule has 106 heavy (non-hydrogen) atoms. The lowest BCUT2D eigenvalue weighted by atomic mass is 9.67. The summed E-state index contributed by atoms with van der Waals surface area (Å²) in [6, 6.07) is 143.